The van der Waals surface area contributed by atoms with Crippen LogP contribution in [-0.4, -0.2) is 20.7 Å². The minimum atomic E-state index is -0.0707. The van der Waals surface area contributed by atoms with E-state index in [-0.39, 0.29) is 5.91 Å². The molecule has 0 saturated heterocycles. The first kappa shape index (κ1) is 15.5. The summed E-state index contributed by atoms with van der Waals surface area (Å²) in [5.41, 5.74) is 2.55. The highest BCUT2D eigenvalue weighted by molar-refractivity contribution is 5.90. The summed E-state index contributed by atoms with van der Waals surface area (Å²) in [6.45, 7) is 0.499. The van der Waals surface area contributed by atoms with Gasteiger partial charge in [0.1, 0.15) is 12.7 Å². The van der Waals surface area contributed by atoms with Crippen molar-refractivity contribution in [2.75, 3.05) is 5.32 Å². The Balaban J connectivity index is 1.61. The molecule has 0 radical (unpaired) electrons. The number of nitrogens with one attached hydrogen (secondary N) is 1. The van der Waals surface area contributed by atoms with Crippen molar-refractivity contribution in [1.29, 1.82) is 0 Å². The van der Waals surface area contributed by atoms with Crippen LogP contribution in [0.2, 0.25) is 0 Å². The smallest absolute Gasteiger partial charge is 0.226 e. The zero-order valence-electron chi connectivity index (χ0n) is 13.0. The maximum Gasteiger partial charge on any atom is 0.226 e. The highest BCUT2D eigenvalue weighted by Crippen LogP contribution is 2.10. The van der Waals surface area contributed by atoms with Crippen LogP contribution in [0.5, 0.6) is 0 Å². The maximum absolute atomic E-state index is 12.0. The lowest BCUT2D eigenvalue weighted by atomic mass is 10.1. The predicted octanol–water partition coefficient (Wildman–Crippen LogP) is 2.71. The number of benzene rings is 2. The van der Waals surface area contributed by atoms with Crippen LogP contribution in [0.3, 0.4) is 0 Å². The molecule has 0 fully saturated rings. The molecule has 0 saturated carbocycles. The number of anilines is 1. The van der Waals surface area contributed by atoms with Gasteiger partial charge in [0.05, 0.1) is 6.54 Å². The van der Waals surface area contributed by atoms with Crippen LogP contribution < -0.4 is 5.32 Å². The molecule has 0 unspecified atom stereocenters. The standard InChI is InChI=1S/C19H16N4O/c24-19(11-12-23-15-20-14-21-23)22-18-8-4-7-17(13-18)10-9-16-5-2-1-3-6-16/h1-8,13-15H,11-12H2,(H,22,24). The normalized spacial score (nSPS) is 9.83. The van der Waals surface area contributed by atoms with Gasteiger partial charge in [0.15, 0.2) is 0 Å². The van der Waals surface area contributed by atoms with Crippen molar-refractivity contribution >= 4 is 11.6 Å². The zero-order chi connectivity index (χ0) is 16.6. The molecule has 0 aliphatic carbocycles. The summed E-state index contributed by atoms with van der Waals surface area (Å²) < 4.78 is 1.63. The number of rotatable bonds is 4. The summed E-state index contributed by atoms with van der Waals surface area (Å²) in [6, 6.07) is 17.3. The molecule has 24 heavy (non-hydrogen) atoms. The third-order valence-electron chi connectivity index (χ3n) is 3.31. The van der Waals surface area contributed by atoms with Gasteiger partial charge in [-0.2, -0.15) is 5.10 Å². The molecule has 2 aromatic carbocycles. The third kappa shape index (κ3) is 4.55. The van der Waals surface area contributed by atoms with Crippen molar-refractivity contribution in [3.63, 3.8) is 0 Å². The van der Waals surface area contributed by atoms with E-state index in [0.717, 1.165) is 16.8 Å². The van der Waals surface area contributed by atoms with Crippen LogP contribution in [0.1, 0.15) is 17.5 Å². The van der Waals surface area contributed by atoms with Gasteiger partial charge >= 0.3 is 0 Å². The summed E-state index contributed by atoms with van der Waals surface area (Å²) >= 11 is 0. The molecule has 0 aliphatic rings. The minimum absolute atomic E-state index is 0.0707. The van der Waals surface area contributed by atoms with Gasteiger partial charge in [0.25, 0.3) is 0 Å². The quantitative estimate of drug-likeness (QED) is 0.753. The average Bonchev–Trinajstić information content (AvgIpc) is 3.13. The lowest BCUT2D eigenvalue weighted by Gasteiger charge is -2.05. The number of aromatic nitrogens is 3. The van der Waals surface area contributed by atoms with Gasteiger partial charge in [-0.15, -0.1) is 0 Å². The minimum Gasteiger partial charge on any atom is -0.326 e. The molecule has 5 heteroatoms. The summed E-state index contributed by atoms with van der Waals surface area (Å²) in [4.78, 5) is 15.8. The van der Waals surface area contributed by atoms with E-state index < -0.39 is 0 Å². The van der Waals surface area contributed by atoms with E-state index in [4.69, 9.17) is 0 Å². The van der Waals surface area contributed by atoms with Crippen LogP contribution >= 0.6 is 0 Å². The Bertz CT molecular complexity index is 861. The van der Waals surface area contributed by atoms with Crippen LogP contribution in [0.15, 0.2) is 67.3 Å². The lowest BCUT2D eigenvalue weighted by Crippen LogP contribution is -2.14. The second kappa shape index (κ2) is 7.75. The number of hydrogen-bond donors (Lipinski definition) is 1. The molecule has 3 aromatic rings. The Morgan fingerprint density at radius 1 is 1.04 bits per heavy atom. The molecule has 3 rings (SSSR count). The molecular weight excluding hydrogens is 300 g/mol. The predicted molar refractivity (Wildman–Crippen MR) is 92.1 cm³/mol. The van der Waals surface area contributed by atoms with Gasteiger partial charge in [-0.3, -0.25) is 9.48 Å². The summed E-state index contributed by atoms with van der Waals surface area (Å²) in [7, 11) is 0. The molecule has 0 aliphatic heterocycles. The van der Waals surface area contributed by atoms with Gasteiger partial charge in [-0.05, 0) is 30.3 Å². The van der Waals surface area contributed by atoms with Crippen molar-refractivity contribution in [2.24, 2.45) is 0 Å². The van der Waals surface area contributed by atoms with Crippen molar-refractivity contribution < 1.29 is 4.79 Å². The monoisotopic (exact) mass is 316 g/mol. The van der Waals surface area contributed by atoms with Crippen molar-refractivity contribution in [3.05, 3.63) is 78.4 Å². The lowest BCUT2D eigenvalue weighted by molar-refractivity contribution is -0.116. The molecule has 1 N–H and O–H groups in total. The number of aryl methyl sites for hydroxylation is 1. The number of hydrogen-bond acceptors (Lipinski definition) is 3. The van der Waals surface area contributed by atoms with Crippen LogP contribution in [0, 0.1) is 11.8 Å². The SMILES string of the molecule is O=C(CCn1cncn1)Nc1cccc(C#Cc2ccccc2)c1. The molecule has 0 spiro atoms. The second-order valence-corrected chi connectivity index (χ2v) is 5.15. The fourth-order valence-corrected chi connectivity index (χ4v) is 2.13. The highest BCUT2D eigenvalue weighted by atomic mass is 16.1. The van der Waals surface area contributed by atoms with Gasteiger partial charge in [0.2, 0.25) is 5.91 Å². The maximum atomic E-state index is 12.0. The third-order valence-corrected chi connectivity index (χ3v) is 3.31. The molecule has 0 bridgehead atoms. The van der Waals surface area contributed by atoms with Gasteiger partial charge < -0.3 is 5.32 Å². The van der Waals surface area contributed by atoms with E-state index in [9.17, 15) is 4.79 Å². The van der Waals surface area contributed by atoms with E-state index in [0.29, 0.717) is 13.0 Å². The average molecular weight is 316 g/mol. The van der Waals surface area contributed by atoms with Gasteiger partial charge in [-0.25, -0.2) is 4.98 Å². The Hall–Kier alpha value is -3.39. The fourth-order valence-electron chi connectivity index (χ4n) is 2.13. The van der Waals surface area contributed by atoms with Gasteiger partial charge in [-0.1, -0.05) is 36.1 Å². The van der Waals surface area contributed by atoms with Crippen molar-refractivity contribution in [1.82, 2.24) is 14.8 Å². The van der Waals surface area contributed by atoms with Crippen molar-refractivity contribution in [3.8, 4) is 11.8 Å². The largest absolute Gasteiger partial charge is 0.326 e. The van der Waals surface area contributed by atoms with Crippen molar-refractivity contribution in [2.45, 2.75) is 13.0 Å². The summed E-state index contributed by atoms with van der Waals surface area (Å²) in [5, 5.41) is 6.84. The first-order chi connectivity index (χ1) is 11.8. The Morgan fingerprint density at radius 2 is 1.83 bits per heavy atom. The first-order valence-corrected chi connectivity index (χ1v) is 7.59. The zero-order valence-corrected chi connectivity index (χ0v) is 13.0. The molecular formula is C19H16N4O. The molecule has 5 nitrogen and oxygen atoms in total. The van der Waals surface area contributed by atoms with E-state index in [1.54, 1.807) is 11.0 Å². The number of carbonyl (C=O) groups is 1. The highest BCUT2D eigenvalue weighted by Gasteiger charge is 2.03. The molecule has 0 atom stereocenters. The topological polar surface area (TPSA) is 59.8 Å². The van der Waals surface area contributed by atoms with E-state index in [2.05, 4.69) is 27.2 Å². The van der Waals surface area contributed by atoms with Crippen LogP contribution in [-0.2, 0) is 11.3 Å². The molecule has 1 amide bonds. The Morgan fingerprint density at radius 3 is 2.62 bits per heavy atom. The molecule has 118 valence electrons. The van der Waals surface area contributed by atoms with Gasteiger partial charge in [0, 0.05) is 23.2 Å². The number of amides is 1. The van der Waals surface area contributed by atoms with E-state index >= 15 is 0 Å². The molecule has 1 heterocycles. The summed E-state index contributed by atoms with van der Waals surface area (Å²) in [5.74, 6) is 6.14. The van der Waals surface area contributed by atoms with Crippen LogP contribution in [0.4, 0.5) is 5.69 Å². The van der Waals surface area contributed by atoms with E-state index in [1.165, 1.54) is 6.33 Å². The Labute approximate surface area is 140 Å². The van der Waals surface area contributed by atoms with E-state index in [1.807, 2.05) is 54.6 Å². The van der Waals surface area contributed by atoms with Crippen LogP contribution in [0.25, 0.3) is 0 Å². The Kier molecular flexibility index (Phi) is 5.00. The number of carbonyl (C=O) groups excluding carboxylic acids is 1. The molecule has 1 aromatic heterocycles. The number of nitrogens with zero attached hydrogens (tertiary/aromatic N) is 3. The second-order valence-electron chi connectivity index (χ2n) is 5.15. The first-order valence-electron chi connectivity index (χ1n) is 7.59. The fraction of sp³-hybridized carbons (Fsp3) is 0.105. The summed E-state index contributed by atoms with van der Waals surface area (Å²) in [6.07, 6.45) is 3.38.